The van der Waals surface area contributed by atoms with E-state index in [9.17, 15) is 13.2 Å². The maximum Gasteiger partial charge on any atom is 0.573 e. The molecule has 1 nitrogen and oxygen atoms in total. The molecule has 0 aliphatic heterocycles. The summed E-state index contributed by atoms with van der Waals surface area (Å²) in [5.74, 6) is -0.259. The summed E-state index contributed by atoms with van der Waals surface area (Å²) in [6.07, 6.45) is -3.19. The van der Waals surface area contributed by atoms with Crippen molar-refractivity contribution >= 4 is 17.7 Å². The molecule has 2 aromatic rings. The van der Waals surface area contributed by atoms with Crippen molar-refractivity contribution in [3.8, 4) is 16.9 Å². The Morgan fingerprint density at radius 2 is 1.70 bits per heavy atom. The lowest BCUT2D eigenvalue weighted by Gasteiger charge is -2.14. The van der Waals surface area contributed by atoms with Gasteiger partial charge in [0.05, 0.1) is 0 Å². The first kappa shape index (κ1) is 14.5. The average Bonchev–Trinajstić information content (AvgIpc) is 2.38. The van der Waals surface area contributed by atoms with E-state index in [0.29, 0.717) is 21.7 Å². The average molecular weight is 299 g/mol. The summed E-state index contributed by atoms with van der Waals surface area (Å²) >= 11 is 5.78. The molecule has 0 N–H and O–H groups in total. The van der Waals surface area contributed by atoms with Crippen LogP contribution >= 0.6 is 11.6 Å². The number of ether oxygens (including phenoxy) is 1. The van der Waals surface area contributed by atoms with E-state index >= 15 is 0 Å². The van der Waals surface area contributed by atoms with Gasteiger partial charge >= 0.3 is 6.36 Å². The minimum Gasteiger partial charge on any atom is -0.405 e. The Morgan fingerprint density at radius 3 is 2.25 bits per heavy atom. The van der Waals surface area contributed by atoms with Crippen molar-refractivity contribution in [2.75, 3.05) is 0 Å². The number of halogens is 4. The second-order valence-corrected chi connectivity index (χ2v) is 4.45. The lowest BCUT2D eigenvalue weighted by atomic mass is 10.0. The van der Waals surface area contributed by atoms with Crippen LogP contribution in [0.25, 0.3) is 17.2 Å². The van der Waals surface area contributed by atoms with Gasteiger partial charge in [0.25, 0.3) is 0 Å². The minimum absolute atomic E-state index is 0.259. The second-order valence-electron chi connectivity index (χ2n) is 4.01. The van der Waals surface area contributed by atoms with Gasteiger partial charge < -0.3 is 4.74 Å². The van der Waals surface area contributed by atoms with Gasteiger partial charge in [-0.15, -0.1) is 13.2 Å². The van der Waals surface area contributed by atoms with Crippen molar-refractivity contribution in [1.82, 2.24) is 0 Å². The molecule has 0 amide bonds. The van der Waals surface area contributed by atoms with Crippen LogP contribution in [0.1, 0.15) is 5.56 Å². The van der Waals surface area contributed by atoms with Crippen LogP contribution < -0.4 is 4.74 Å². The van der Waals surface area contributed by atoms with Crippen LogP contribution in [-0.4, -0.2) is 6.36 Å². The summed E-state index contributed by atoms with van der Waals surface area (Å²) in [5.41, 5.74) is 1.61. The molecule has 20 heavy (non-hydrogen) atoms. The first-order valence-corrected chi connectivity index (χ1v) is 6.05. The SMILES string of the molecule is C=Cc1ccc(OC(F)(F)F)c(-c2ccc(Cl)cc2)c1. The monoisotopic (exact) mass is 298 g/mol. The van der Waals surface area contributed by atoms with E-state index in [1.807, 2.05) is 0 Å². The van der Waals surface area contributed by atoms with Crippen LogP contribution in [0.2, 0.25) is 5.02 Å². The van der Waals surface area contributed by atoms with E-state index in [0.717, 1.165) is 0 Å². The summed E-state index contributed by atoms with van der Waals surface area (Å²) in [5, 5.41) is 0.506. The van der Waals surface area contributed by atoms with E-state index in [1.165, 1.54) is 12.1 Å². The highest BCUT2D eigenvalue weighted by Gasteiger charge is 2.32. The fourth-order valence-corrected chi connectivity index (χ4v) is 1.87. The second kappa shape index (κ2) is 5.59. The highest BCUT2D eigenvalue weighted by molar-refractivity contribution is 6.30. The standard InChI is InChI=1S/C15H10ClF3O/c1-2-10-3-8-14(20-15(17,18)19)13(9-10)11-4-6-12(16)7-5-11/h2-9H,1H2. The number of hydrogen-bond acceptors (Lipinski definition) is 1. The van der Waals surface area contributed by atoms with Crippen LogP contribution in [0.5, 0.6) is 5.75 Å². The predicted molar refractivity (Wildman–Crippen MR) is 73.7 cm³/mol. The number of alkyl halides is 3. The van der Waals surface area contributed by atoms with Gasteiger partial charge in [-0.2, -0.15) is 0 Å². The molecule has 0 saturated heterocycles. The van der Waals surface area contributed by atoms with E-state index in [2.05, 4.69) is 11.3 Å². The van der Waals surface area contributed by atoms with Crippen LogP contribution in [0.3, 0.4) is 0 Å². The fourth-order valence-electron chi connectivity index (χ4n) is 1.74. The smallest absolute Gasteiger partial charge is 0.405 e. The number of benzene rings is 2. The molecule has 2 aromatic carbocycles. The molecule has 2 rings (SSSR count). The van der Waals surface area contributed by atoms with Crippen LogP contribution in [0, 0.1) is 0 Å². The van der Waals surface area contributed by atoms with Crippen molar-refractivity contribution in [1.29, 1.82) is 0 Å². The molecule has 0 aliphatic carbocycles. The molecular formula is C15H10ClF3O. The molecule has 0 radical (unpaired) electrons. The van der Waals surface area contributed by atoms with Crippen molar-refractivity contribution < 1.29 is 17.9 Å². The molecule has 0 aromatic heterocycles. The van der Waals surface area contributed by atoms with Gasteiger partial charge in [-0.25, -0.2) is 0 Å². The first-order chi connectivity index (χ1) is 9.39. The topological polar surface area (TPSA) is 9.23 Å². The third-order valence-electron chi connectivity index (χ3n) is 2.62. The Bertz CT molecular complexity index is 618. The molecule has 5 heteroatoms. The van der Waals surface area contributed by atoms with Gasteiger partial charge in [0.2, 0.25) is 0 Å². The Hall–Kier alpha value is -1.94. The maximum absolute atomic E-state index is 12.4. The summed E-state index contributed by atoms with van der Waals surface area (Å²) < 4.78 is 41.3. The molecule has 0 aliphatic rings. The Kier molecular flexibility index (Phi) is 4.04. The number of hydrogen-bond donors (Lipinski definition) is 0. The molecule has 0 spiro atoms. The third kappa shape index (κ3) is 3.54. The van der Waals surface area contributed by atoms with Gasteiger partial charge in [0.1, 0.15) is 5.75 Å². The van der Waals surface area contributed by atoms with Crippen LogP contribution in [-0.2, 0) is 0 Å². The van der Waals surface area contributed by atoms with Gasteiger partial charge in [0.15, 0.2) is 0 Å². The highest BCUT2D eigenvalue weighted by atomic mass is 35.5. The van der Waals surface area contributed by atoms with Crippen molar-refractivity contribution in [3.63, 3.8) is 0 Å². The Morgan fingerprint density at radius 1 is 1.05 bits per heavy atom. The van der Waals surface area contributed by atoms with Gasteiger partial charge in [0, 0.05) is 10.6 Å². The van der Waals surface area contributed by atoms with E-state index in [1.54, 1.807) is 36.4 Å². The number of rotatable bonds is 3. The molecule has 0 atom stereocenters. The van der Waals surface area contributed by atoms with Crippen LogP contribution in [0.4, 0.5) is 13.2 Å². The van der Waals surface area contributed by atoms with Crippen molar-refractivity contribution in [3.05, 3.63) is 59.6 Å². The summed E-state index contributed by atoms with van der Waals surface area (Å²) in [6, 6.07) is 10.8. The zero-order chi connectivity index (χ0) is 14.8. The van der Waals surface area contributed by atoms with E-state index < -0.39 is 6.36 Å². The fraction of sp³-hybridized carbons (Fsp3) is 0.0667. The largest absolute Gasteiger partial charge is 0.573 e. The minimum atomic E-state index is -4.74. The quantitative estimate of drug-likeness (QED) is 0.722. The first-order valence-electron chi connectivity index (χ1n) is 5.67. The van der Waals surface area contributed by atoms with Crippen LogP contribution in [0.15, 0.2) is 49.0 Å². The maximum atomic E-state index is 12.4. The Labute approximate surface area is 119 Å². The summed E-state index contributed by atoms with van der Waals surface area (Å²) in [6.45, 7) is 3.60. The predicted octanol–water partition coefficient (Wildman–Crippen LogP) is 5.55. The van der Waals surface area contributed by atoms with Crippen molar-refractivity contribution in [2.45, 2.75) is 6.36 Å². The van der Waals surface area contributed by atoms with Gasteiger partial charge in [-0.1, -0.05) is 42.5 Å². The molecule has 0 unspecified atom stereocenters. The van der Waals surface area contributed by atoms with Gasteiger partial charge in [-0.3, -0.25) is 0 Å². The van der Waals surface area contributed by atoms with Gasteiger partial charge in [-0.05, 0) is 35.4 Å². The zero-order valence-corrected chi connectivity index (χ0v) is 11.0. The molecule has 0 fully saturated rings. The third-order valence-corrected chi connectivity index (χ3v) is 2.87. The Balaban J connectivity index is 2.52. The summed E-state index contributed by atoms with van der Waals surface area (Å²) in [4.78, 5) is 0. The normalized spacial score (nSPS) is 11.2. The van der Waals surface area contributed by atoms with E-state index in [-0.39, 0.29) is 5.75 Å². The lowest BCUT2D eigenvalue weighted by molar-refractivity contribution is -0.274. The van der Waals surface area contributed by atoms with E-state index in [4.69, 9.17) is 11.6 Å². The van der Waals surface area contributed by atoms with Crippen molar-refractivity contribution in [2.24, 2.45) is 0 Å². The molecule has 0 saturated carbocycles. The zero-order valence-electron chi connectivity index (χ0n) is 10.2. The molecule has 0 heterocycles. The highest BCUT2D eigenvalue weighted by Crippen LogP contribution is 2.35. The molecule has 104 valence electrons. The summed E-state index contributed by atoms with van der Waals surface area (Å²) in [7, 11) is 0. The molecule has 0 bridgehead atoms. The lowest BCUT2D eigenvalue weighted by Crippen LogP contribution is -2.17. The molecular weight excluding hydrogens is 289 g/mol.